The van der Waals surface area contributed by atoms with Crippen LogP contribution in [0.1, 0.15) is 28.2 Å². The highest BCUT2D eigenvalue weighted by Gasteiger charge is 2.54. The fourth-order valence-corrected chi connectivity index (χ4v) is 9.19. The summed E-state index contributed by atoms with van der Waals surface area (Å²) in [5.74, 6) is 0.583. The lowest BCUT2D eigenvalue weighted by atomic mass is 9.62. The fraction of sp³-hybridized carbons (Fsp3) is 0.0732. The van der Waals surface area contributed by atoms with Crippen LogP contribution in [0.15, 0.2) is 168 Å². The third-order valence-electron chi connectivity index (χ3n) is 9.62. The van der Waals surface area contributed by atoms with Crippen molar-refractivity contribution >= 4 is 22.5 Å². The van der Waals surface area contributed by atoms with Crippen LogP contribution in [-0.4, -0.2) is 0 Å². The van der Waals surface area contributed by atoms with Gasteiger partial charge in [0, 0.05) is 27.0 Å². The number of hydrogen-bond donors (Lipinski definition) is 0. The van der Waals surface area contributed by atoms with Crippen LogP contribution in [0.4, 0.5) is 0 Å². The van der Waals surface area contributed by atoms with Crippen molar-refractivity contribution < 1.29 is 0 Å². The third kappa shape index (κ3) is 3.20. The molecule has 42 heavy (non-hydrogen) atoms. The van der Waals surface area contributed by atoms with Gasteiger partial charge >= 0.3 is 0 Å². The first-order chi connectivity index (χ1) is 20.9. The summed E-state index contributed by atoms with van der Waals surface area (Å²) in [7, 11) is 0. The Morgan fingerprint density at radius 1 is 0.500 bits per heavy atom. The molecule has 2 aliphatic carbocycles. The lowest BCUT2D eigenvalue weighted by Crippen LogP contribution is -2.35. The van der Waals surface area contributed by atoms with Gasteiger partial charge < -0.3 is 0 Å². The van der Waals surface area contributed by atoms with Crippen molar-refractivity contribution in [2.24, 2.45) is 5.92 Å². The van der Waals surface area contributed by atoms with E-state index in [9.17, 15) is 0 Å². The van der Waals surface area contributed by atoms with Crippen molar-refractivity contribution in [3.8, 4) is 22.3 Å². The molecule has 1 heterocycles. The SMILES string of the molecule is C1=CC2c3cccc(-c4ccc5cccc6c5c4-c4ccccc4S6)c3C(c3ccccc3)(c3ccccc3)C2C=C1. The summed E-state index contributed by atoms with van der Waals surface area (Å²) in [5.41, 5.74) is 10.6. The molecule has 0 aromatic heterocycles. The highest BCUT2D eigenvalue weighted by atomic mass is 32.2. The van der Waals surface area contributed by atoms with Gasteiger partial charge in [0.15, 0.2) is 0 Å². The van der Waals surface area contributed by atoms with Gasteiger partial charge in [0.25, 0.3) is 0 Å². The molecule has 0 N–H and O–H groups in total. The van der Waals surface area contributed by atoms with Crippen molar-refractivity contribution in [1.29, 1.82) is 0 Å². The molecule has 1 aliphatic heterocycles. The Bertz CT molecular complexity index is 2030. The summed E-state index contributed by atoms with van der Waals surface area (Å²) in [6.07, 6.45) is 9.38. The zero-order chi connectivity index (χ0) is 27.7. The molecular weight excluding hydrogens is 525 g/mol. The summed E-state index contributed by atoms with van der Waals surface area (Å²) in [4.78, 5) is 2.67. The number of allylic oxidation sites excluding steroid dienone is 4. The molecule has 0 saturated heterocycles. The minimum absolute atomic E-state index is 0.277. The predicted octanol–water partition coefficient (Wildman–Crippen LogP) is 10.8. The number of benzene rings is 6. The third-order valence-corrected chi connectivity index (χ3v) is 10.8. The second kappa shape index (κ2) is 9.21. The van der Waals surface area contributed by atoms with Gasteiger partial charge in [-0.2, -0.15) is 0 Å². The topological polar surface area (TPSA) is 0 Å². The maximum absolute atomic E-state index is 2.46. The van der Waals surface area contributed by atoms with Gasteiger partial charge in [-0.25, -0.2) is 0 Å². The maximum atomic E-state index is 2.46. The van der Waals surface area contributed by atoms with Gasteiger partial charge in [-0.1, -0.05) is 157 Å². The molecule has 0 fully saturated rings. The van der Waals surface area contributed by atoms with E-state index in [0.717, 1.165) is 0 Å². The average Bonchev–Trinajstić information content (AvgIpc) is 3.37. The zero-order valence-corrected chi connectivity index (χ0v) is 23.9. The van der Waals surface area contributed by atoms with Crippen LogP contribution in [-0.2, 0) is 5.41 Å². The highest BCUT2D eigenvalue weighted by Crippen LogP contribution is 2.62. The van der Waals surface area contributed by atoms with E-state index in [1.807, 2.05) is 11.8 Å². The van der Waals surface area contributed by atoms with Crippen molar-refractivity contribution in [3.63, 3.8) is 0 Å². The fourth-order valence-electron chi connectivity index (χ4n) is 8.05. The van der Waals surface area contributed by atoms with Crippen molar-refractivity contribution in [1.82, 2.24) is 0 Å². The van der Waals surface area contributed by atoms with Crippen molar-refractivity contribution in [2.45, 2.75) is 21.1 Å². The average molecular weight is 553 g/mol. The molecule has 198 valence electrons. The van der Waals surface area contributed by atoms with E-state index in [4.69, 9.17) is 0 Å². The Morgan fingerprint density at radius 3 is 1.98 bits per heavy atom. The highest BCUT2D eigenvalue weighted by molar-refractivity contribution is 7.99. The summed E-state index contributed by atoms with van der Waals surface area (Å²) in [6, 6.07) is 49.9. The quantitative estimate of drug-likeness (QED) is 0.210. The van der Waals surface area contributed by atoms with Gasteiger partial charge in [0.05, 0.1) is 5.41 Å². The Labute approximate surface area is 251 Å². The first-order valence-electron chi connectivity index (χ1n) is 14.8. The van der Waals surface area contributed by atoms with E-state index in [2.05, 4.69) is 158 Å². The molecule has 2 atom stereocenters. The smallest absolute Gasteiger partial charge is 0.0531 e. The molecule has 3 aliphatic rings. The monoisotopic (exact) mass is 552 g/mol. The summed E-state index contributed by atoms with van der Waals surface area (Å²) in [6.45, 7) is 0. The van der Waals surface area contributed by atoms with Crippen LogP contribution in [0.2, 0.25) is 0 Å². The lowest BCUT2D eigenvalue weighted by molar-refractivity contribution is 0.457. The Hall–Kier alpha value is -4.59. The van der Waals surface area contributed by atoms with Gasteiger partial charge in [-0.15, -0.1) is 0 Å². The van der Waals surface area contributed by atoms with Crippen LogP contribution in [0.5, 0.6) is 0 Å². The van der Waals surface area contributed by atoms with Crippen LogP contribution in [0.25, 0.3) is 33.0 Å². The van der Waals surface area contributed by atoms with E-state index in [1.165, 1.54) is 65.1 Å². The van der Waals surface area contributed by atoms with Gasteiger partial charge in [-0.05, 0) is 62.0 Å². The first-order valence-corrected chi connectivity index (χ1v) is 15.6. The van der Waals surface area contributed by atoms with Crippen LogP contribution < -0.4 is 0 Å². The Kier molecular flexibility index (Phi) is 5.27. The summed E-state index contributed by atoms with van der Waals surface area (Å²) < 4.78 is 0. The molecule has 0 bridgehead atoms. The molecule has 0 nitrogen and oxygen atoms in total. The maximum Gasteiger partial charge on any atom is 0.0531 e. The van der Waals surface area contributed by atoms with Crippen LogP contribution in [0.3, 0.4) is 0 Å². The second-order valence-corrected chi connectivity index (χ2v) is 12.7. The molecule has 6 aromatic rings. The standard InChI is InChI=1S/C41H28S/c1-3-14-28(15-4-1)41(29-16-5-2-6-17-29)35-22-9-7-18-30(35)32-20-12-21-33(40(32)41)31-26-25-27-13-11-24-37-38(27)39(31)34-19-8-10-23-36(34)42-37/h1-26,30,35H. The molecule has 2 unspecified atom stereocenters. The Balaban J connectivity index is 1.45. The predicted molar refractivity (Wildman–Crippen MR) is 176 cm³/mol. The van der Waals surface area contributed by atoms with E-state index < -0.39 is 0 Å². The van der Waals surface area contributed by atoms with Crippen molar-refractivity contribution in [3.05, 3.63) is 180 Å². The summed E-state index contributed by atoms with van der Waals surface area (Å²) >= 11 is 1.90. The minimum Gasteiger partial charge on any atom is -0.0888 e. The van der Waals surface area contributed by atoms with Gasteiger partial charge in [-0.3, -0.25) is 0 Å². The number of fused-ring (bicyclic) bond motifs is 5. The number of rotatable bonds is 3. The van der Waals surface area contributed by atoms with Crippen molar-refractivity contribution in [2.75, 3.05) is 0 Å². The van der Waals surface area contributed by atoms with Gasteiger partial charge in [0.1, 0.15) is 0 Å². The molecule has 0 spiro atoms. The molecular formula is C41H28S. The Morgan fingerprint density at radius 2 is 1.17 bits per heavy atom. The second-order valence-electron chi connectivity index (χ2n) is 11.6. The van der Waals surface area contributed by atoms with E-state index in [1.54, 1.807) is 0 Å². The number of hydrogen-bond acceptors (Lipinski definition) is 1. The molecule has 6 aromatic carbocycles. The summed E-state index contributed by atoms with van der Waals surface area (Å²) in [5, 5.41) is 2.68. The molecule has 0 radical (unpaired) electrons. The molecule has 0 saturated carbocycles. The first kappa shape index (κ1) is 24.1. The minimum atomic E-state index is -0.329. The molecule has 9 rings (SSSR count). The van der Waals surface area contributed by atoms with Crippen LogP contribution in [0, 0.1) is 5.92 Å². The van der Waals surface area contributed by atoms with E-state index in [0.29, 0.717) is 5.92 Å². The van der Waals surface area contributed by atoms with Crippen LogP contribution >= 0.6 is 11.8 Å². The largest absolute Gasteiger partial charge is 0.0888 e. The van der Waals surface area contributed by atoms with E-state index >= 15 is 0 Å². The van der Waals surface area contributed by atoms with E-state index in [-0.39, 0.29) is 11.3 Å². The zero-order valence-electron chi connectivity index (χ0n) is 23.1. The van der Waals surface area contributed by atoms with Gasteiger partial charge in [0.2, 0.25) is 0 Å². The molecule has 1 heteroatoms. The normalized spacial score (nSPS) is 18.9. The molecule has 0 amide bonds. The lowest BCUT2D eigenvalue weighted by Gasteiger charge is -2.40.